The Morgan fingerprint density at radius 2 is 1.67 bits per heavy atom. The molecule has 0 spiro atoms. The third kappa shape index (κ3) is 2.96. The molecule has 0 aliphatic carbocycles. The minimum atomic E-state index is 0.0210. The molecule has 0 radical (unpaired) electrons. The molecule has 1 amide bonds. The molecule has 1 N–H and O–H groups in total. The zero-order chi connectivity index (χ0) is 17.3. The summed E-state index contributed by atoms with van der Waals surface area (Å²) < 4.78 is 10.8. The molecular weight excluding hydrogens is 302 g/mol. The van der Waals surface area contributed by atoms with Gasteiger partial charge in [-0.05, 0) is 28.7 Å². The predicted molar refractivity (Wildman–Crippen MR) is 95.2 cm³/mol. The van der Waals surface area contributed by atoms with E-state index >= 15 is 0 Å². The summed E-state index contributed by atoms with van der Waals surface area (Å²) in [4.78, 5) is 12.2. The number of benzene rings is 2. The van der Waals surface area contributed by atoms with Crippen LogP contribution in [0.5, 0.6) is 11.5 Å². The maximum Gasteiger partial charge on any atom is 0.225 e. The highest BCUT2D eigenvalue weighted by Gasteiger charge is 2.28. The Morgan fingerprint density at radius 1 is 1.04 bits per heavy atom. The SMILES string of the molecule is COc1cc2c(cc1OC)[C@@H](c1ccc(C(C)C)cc1)CC(=O)N2. The lowest BCUT2D eigenvalue weighted by molar-refractivity contribution is -0.116. The Balaban J connectivity index is 2.06. The first-order chi connectivity index (χ1) is 11.5. The molecule has 1 heterocycles. The molecule has 0 fully saturated rings. The van der Waals surface area contributed by atoms with Gasteiger partial charge in [0.1, 0.15) is 0 Å². The number of rotatable bonds is 4. The fourth-order valence-corrected chi connectivity index (χ4v) is 3.20. The molecule has 1 atom stereocenters. The zero-order valence-corrected chi connectivity index (χ0v) is 14.6. The standard InChI is InChI=1S/C20H23NO3/c1-12(2)13-5-7-14(8-6-13)15-10-20(22)21-17-11-19(24-4)18(23-3)9-16(15)17/h5-9,11-12,15H,10H2,1-4H3,(H,21,22)/t15-/m1/s1. The summed E-state index contributed by atoms with van der Waals surface area (Å²) >= 11 is 0. The zero-order valence-electron chi connectivity index (χ0n) is 14.6. The minimum Gasteiger partial charge on any atom is -0.493 e. The van der Waals surface area contributed by atoms with E-state index < -0.39 is 0 Å². The molecule has 1 aliphatic rings. The van der Waals surface area contributed by atoms with Gasteiger partial charge in [-0.2, -0.15) is 0 Å². The van der Waals surface area contributed by atoms with Crippen molar-refractivity contribution >= 4 is 11.6 Å². The second-order valence-electron chi connectivity index (χ2n) is 6.42. The summed E-state index contributed by atoms with van der Waals surface area (Å²) in [6, 6.07) is 12.3. The predicted octanol–water partition coefficient (Wildman–Crippen LogP) is 4.30. The Kier molecular flexibility index (Phi) is 4.47. The van der Waals surface area contributed by atoms with E-state index in [1.54, 1.807) is 14.2 Å². The van der Waals surface area contributed by atoms with E-state index in [1.807, 2.05) is 12.1 Å². The third-order valence-electron chi connectivity index (χ3n) is 4.60. The van der Waals surface area contributed by atoms with E-state index in [9.17, 15) is 4.79 Å². The summed E-state index contributed by atoms with van der Waals surface area (Å²) in [6.07, 6.45) is 0.434. The summed E-state index contributed by atoms with van der Waals surface area (Å²) in [5, 5.41) is 2.94. The van der Waals surface area contributed by atoms with Gasteiger partial charge in [0.2, 0.25) is 5.91 Å². The van der Waals surface area contributed by atoms with Gasteiger partial charge in [-0.15, -0.1) is 0 Å². The first kappa shape index (κ1) is 16.4. The summed E-state index contributed by atoms with van der Waals surface area (Å²) in [7, 11) is 3.22. The molecule has 0 bridgehead atoms. The molecule has 0 saturated carbocycles. The Labute approximate surface area is 142 Å². The Morgan fingerprint density at radius 3 is 2.25 bits per heavy atom. The van der Waals surface area contributed by atoms with Crippen molar-refractivity contribution in [3.8, 4) is 11.5 Å². The van der Waals surface area contributed by atoms with Crippen molar-refractivity contribution in [1.29, 1.82) is 0 Å². The number of carbonyl (C=O) groups is 1. The molecule has 3 rings (SSSR count). The first-order valence-corrected chi connectivity index (χ1v) is 8.19. The van der Waals surface area contributed by atoms with E-state index in [4.69, 9.17) is 9.47 Å². The van der Waals surface area contributed by atoms with Crippen LogP contribution in [0.3, 0.4) is 0 Å². The number of nitrogens with one attached hydrogen (secondary N) is 1. The van der Waals surface area contributed by atoms with E-state index in [1.165, 1.54) is 5.56 Å². The van der Waals surface area contributed by atoms with Crippen LogP contribution < -0.4 is 14.8 Å². The van der Waals surface area contributed by atoms with Gasteiger partial charge in [-0.25, -0.2) is 0 Å². The van der Waals surface area contributed by atoms with Crippen LogP contribution in [0.1, 0.15) is 48.8 Å². The second kappa shape index (κ2) is 6.56. The third-order valence-corrected chi connectivity index (χ3v) is 4.60. The van der Waals surface area contributed by atoms with Gasteiger partial charge in [0, 0.05) is 24.1 Å². The molecule has 4 heteroatoms. The molecule has 2 aromatic rings. The van der Waals surface area contributed by atoms with E-state index in [-0.39, 0.29) is 11.8 Å². The Bertz CT molecular complexity index is 750. The van der Waals surface area contributed by atoms with Gasteiger partial charge in [0.15, 0.2) is 11.5 Å². The molecule has 4 nitrogen and oxygen atoms in total. The number of fused-ring (bicyclic) bond motifs is 1. The molecular formula is C20H23NO3. The largest absolute Gasteiger partial charge is 0.493 e. The maximum atomic E-state index is 12.2. The van der Waals surface area contributed by atoms with Gasteiger partial charge in [-0.3, -0.25) is 4.79 Å². The lowest BCUT2D eigenvalue weighted by Gasteiger charge is -2.27. The van der Waals surface area contributed by atoms with Crippen LogP contribution in [0, 0.1) is 0 Å². The van der Waals surface area contributed by atoms with Gasteiger partial charge in [0.25, 0.3) is 0 Å². The van der Waals surface area contributed by atoms with Crippen molar-refractivity contribution in [3.05, 3.63) is 53.1 Å². The average molecular weight is 325 g/mol. The van der Waals surface area contributed by atoms with Crippen molar-refractivity contribution in [3.63, 3.8) is 0 Å². The second-order valence-corrected chi connectivity index (χ2v) is 6.42. The average Bonchev–Trinajstić information content (AvgIpc) is 2.59. The highest BCUT2D eigenvalue weighted by Crippen LogP contribution is 2.43. The van der Waals surface area contributed by atoms with Crippen molar-refractivity contribution < 1.29 is 14.3 Å². The smallest absolute Gasteiger partial charge is 0.225 e. The number of amides is 1. The van der Waals surface area contributed by atoms with E-state index in [0.29, 0.717) is 23.8 Å². The van der Waals surface area contributed by atoms with Gasteiger partial charge >= 0.3 is 0 Å². The highest BCUT2D eigenvalue weighted by atomic mass is 16.5. The molecule has 0 saturated heterocycles. The summed E-state index contributed by atoms with van der Waals surface area (Å²) in [5.41, 5.74) is 4.29. The Hall–Kier alpha value is -2.49. The summed E-state index contributed by atoms with van der Waals surface area (Å²) in [5.74, 6) is 1.83. The van der Waals surface area contributed by atoms with Crippen LogP contribution in [0.4, 0.5) is 5.69 Å². The van der Waals surface area contributed by atoms with Gasteiger partial charge in [0.05, 0.1) is 14.2 Å². The van der Waals surface area contributed by atoms with Gasteiger partial charge < -0.3 is 14.8 Å². The van der Waals surface area contributed by atoms with Crippen LogP contribution in [0.2, 0.25) is 0 Å². The molecule has 0 aromatic heterocycles. The molecule has 1 aliphatic heterocycles. The van der Waals surface area contributed by atoms with Gasteiger partial charge in [-0.1, -0.05) is 38.1 Å². The minimum absolute atomic E-state index is 0.0210. The molecule has 2 aromatic carbocycles. The van der Waals surface area contributed by atoms with E-state index in [2.05, 4.69) is 43.4 Å². The fourth-order valence-electron chi connectivity index (χ4n) is 3.20. The number of hydrogen-bond acceptors (Lipinski definition) is 3. The lowest BCUT2D eigenvalue weighted by atomic mass is 9.84. The van der Waals surface area contributed by atoms with Crippen LogP contribution in [-0.2, 0) is 4.79 Å². The number of anilines is 1. The molecule has 126 valence electrons. The van der Waals surface area contributed by atoms with Crippen molar-refractivity contribution in [2.45, 2.75) is 32.1 Å². The number of hydrogen-bond donors (Lipinski definition) is 1. The quantitative estimate of drug-likeness (QED) is 0.911. The monoisotopic (exact) mass is 325 g/mol. The first-order valence-electron chi connectivity index (χ1n) is 8.19. The van der Waals surface area contributed by atoms with Crippen molar-refractivity contribution in [2.75, 3.05) is 19.5 Å². The molecule has 24 heavy (non-hydrogen) atoms. The van der Waals surface area contributed by atoms with Crippen molar-refractivity contribution in [2.24, 2.45) is 0 Å². The fraction of sp³-hybridized carbons (Fsp3) is 0.350. The van der Waals surface area contributed by atoms with Crippen LogP contribution in [-0.4, -0.2) is 20.1 Å². The van der Waals surface area contributed by atoms with E-state index in [0.717, 1.165) is 16.8 Å². The number of methoxy groups -OCH3 is 2. The molecule has 0 unspecified atom stereocenters. The lowest BCUT2D eigenvalue weighted by Crippen LogP contribution is -2.23. The van der Waals surface area contributed by atoms with Crippen LogP contribution in [0.15, 0.2) is 36.4 Å². The highest BCUT2D eigenvalue weighted by molar-refractivity contribution is 5.96. The number of carbonyl (C=O) groups excluding carboxylic acids is 1. The summed E-state index contributed by atoms with van der Waals surface area (Å²) in [6.45, 7) is 4.35. The normalized spacial score (nSPS) is 16.5. The van der Waals surface area contributed by atoms with Crippen LogP contribution in [0.25, 0.3) is 0 Å². The van der Waals surface area contributed by atoms with Crippen LogP contribution >= 0.6 is 0 Å². The van der Waals surface area contributed by atoms with Crippen molar-refractivity contribution in [1.82, 2.24) is 0 Å². The number of ether oxygens (including phenoxy) is 2. The maximum absolute atomic E-state index is 12.2. The topological polar surface area (TPSA) is 47.6 Å².